The smallest absolute Gasteiger partial charge is 0.336 e. The molecule has 4 nitrogen and oxygen atoms in total. The number of benzene rings is 2. The highest BCUT2D eigenvalue weighted by molar-refractivity contribution is 6.07. The fourth-order valence-corrected chi connectivity index (χ4v) is 2.23. The SMILES string of the molecule is O=C(O)c1ccc(NCc2ccoc2)c2ccccc12. The van der Waals surface area contributed by atoms with Gasteiger partial charge < -0.3 is 14.8 Å². The third kappa shape index (κ3) is 2.23. The number of rotatable bonds is 4. The van der Waals surface area contributed by atoms with Gasteiger partial charge in [0.05, 0.1) is 18.1 Å². The van der Waals surface area contributed by atoms with E-state index in [1.54, 1.807) is 24.7 Å². The van der Waals surface area contributed by atoms with Crippen LogP contribution in [-0.2, 0) is 6.54 Å². The second-order valence-corrected chi connectivity index (χ2v) is 4.50. The molecule has 0 aliphatic carbocycles. The second kappa shape index (κ2) is 5.09. The van der Waals surface area contributed by atoms with Crippen molar-refractivity contribution < 1.29 is 14.3 Å². The standard InChI is InChI=1S/C16H13NO3/c18-16(19)14-5-6-15(13-4-2-1-3-12(13)14)17-9-11-7-8-20-10-11/h1-8,10,17H,9H2,(H,18,19). The fourth-order valence-electron chi connectivity index (χ4n) is 2.23. The summed E-state index contributed by atoms with van der Waals surface area (Å²) in [5.41, 5.74) is 2.26. The highest BCUT2D eigenvalue weighted by Crippen LogP contribution is 2.27. The number of carboxylic acids is 1. The van der Waals surface area contributed by atoms with Crippen LogP contribution in [-0.4, -0.2) is 11.1 Å². The van der Waals surface area contributed by atoms with Gasteiger partial charge in [0.1, 0.15) is 0 Å². The predicted octanol–water partition coefficient (Wildman–Crippen LogP) is 3.74. The van der Waals surface area contributed by atoms with Gasteiger partial charge in [0, 0.05) is 23.2 Å². The molecule has 20 heavy (non-hydrogen) atoms. The van der Waals surface area contributed by atoms with E-state index < -0.39 is 5.97 Å². The lowest BCUT2D eigenvalue weighted by Crippen LogP contribution is -2.02. The van der Waals surface area contributed by atoms with Gasteiger partial charge in [-0.3, -0.25) is 0 Å². The average Bonchev–Trinajstić information content (AvgIpc) is 2.97. The first-order valence-corrected chi connectivity index (χ1v) is 6.25. The summed E-state index contributed by atoms with van der Waals surface area (Å²) in [5, 5.41) is 14.2. The van der Waals surface area contributed by atoms with Gasteiger partial charge >= 0.3 is 5.97 Å². The van der Waals surface area contributed by atoms with Crippen molar-refractivity contribution in [2.24, 2.45) is 0 Å². The number of carboxylic acid groups (broad SMARTS) is 1. The zero-order valence-electron chi connectivity index (χ0n) is 10.7. The number of anilines is 1. The largest absolute Gasteiger partial charge is 0.478 e. The molecule has 2 aromatic carbocycles. The molecule has 0 amide bonds. The van der Waals surface area contributed by atoms with Crippen LogP contribution in [0.25, 0.3) is 10.8 Å². The van der Waals surface area contributed by atoms with Gasteiger partial charge in [-0.25, -0.2) is 4.79 Å². The second-order valence-electron chi connectivity index (χ2n) is 4.50. The number of aromatic carboxylic acids is 1. The van der Waals surface area contributed by atoms with Gasteiger partial charge in [-0.1, -0.05) is 24.3 Å². The molecule has 0 aliphatic rings. The summed E-state index contributed by atoms with van der Waals surface area (Å²) in [4.78, 5) is 11.2. The van der Waals surface area contributed by atoms with E-state index in [0.717, 1.165) is 22.0 Å². The molecule has 4 heteroatoms. The molecule has 0 atom stereocenters. The molecule has 0 radical (unpaired) electrons. The monoisotopic (exact) mass is 267 g/mol. The van der Waals surface area contributed by atoms with E-state index in [1.807, 2.05) is 30.3 Å². The lowest BCUT2D eigenvalue weighted by atomic mass is 10.0. The molecular weight excluding hydrogens is 254 g/mol. The molecule has 3 rings (SSSR count). The number of carbonyl (C=O) groups is 1. The highest BCUT2D eigenvalue weighted by Gasteiger charge is 2.10. The van der Waals surface area contributed by atoms with Crippen LogP contribution in [0.3, 0.4) is 0 Å². The van der Waals surface area contributed by atoms with Gasteiger partial charge in [0.25, 0.3) is 0 Å². The Labute approximate surface area is 115 Å². The van der Waals surface area contributed by atoms with Crippen LogP contribution in [0, 0.1) is 0 Å². The van der Waals surface area contributed by atoms with Crippen LogP contribution < -0.4 is 5.32 Å². The summed E-state index contributed by atoms with van der Waals surface area (Å²) in [6.45, 7) is 0.632. The Morgan fingerprint density at radius 1 is 1.10 bits per heavy atom. The Balaban J connectivity index is 1.99. The minimum absolute atomic E-state index is 0.314. The van der Waals surface area contributed by atoms with Crippen molar-refractivity contribution in [2.75, 3.05) is 5.32 Å². The first-order valence-electron chi connectivity index (χ1n) is 6.25. The van der Waals surface area contributed by atoms with Crippen molar-refractivity contribution in [3.63, 3.8) is 0 Å². The Morgan fingerprint density at radius 2 is 1.90 bits per heavy atom. The van der Waals surface area contributed by atoms with Crippen LogP contribution in [0.5, 0.6) is 0 Å². The molecule has 3 aromatic rings. The van der Waals surface area contributed by atoms with Crippen LogP contribution in [0.15, 0.2) is 59.4 Å². The normalized spacial score (nSPS) is 10.6. The van der Waals surface area contributed by atoms with E-state index in [4.69, 9.17) is 4.42 Å². The zero-order chi connectivity index (χ0) is 13.9. The Kier molecular flexibility index (Phi) is 3.13. The lowest BCUT2D eigenvalue weighted by Gasteiger charge is -2.10. The molecule has 0 saturated carbocycles. The maximum Gasteiger partial charge on any atom is 0.336 e. The highest BCUT2D eigenvalue weighted by atomic mass is 16.4. The van der Waals surface area contributed by atoms with Crippen molar-refractivity contribution in [2.45, 2.75) is 6.54 Å². The van der Waals surface area contributed by atoms with Crippen LogP contribution in [0.4, 0.5) is 5.69 Å². The average molecular weight is 267 g/mol. The Bertz CT molecular complexity index is 748. The number of fused-ring (bicyclic) bond motifs is 1. The van der Waals surface area contributed by atoms with Gasteiger partial charge in [0.2, 0.25) is 0 Å². The Hall–Kier alpha value is -2.75. The third-order valence-corrected chi connectivity index (χ3v) is 3.22. The maximum absolute atomic E-state index is 11.2. The van der Waals surface area contributed by atoms with Crippen LogP contribution in [0.2, 0.25) is 0 Å². The topological polar surface area (TPSA) is 62.5 Å². The summed E-state index contributed by atoms with van der Waals surface area (Å²) < 4.78 is 5.02. The molecule has 100 valence electrons. The molecule has 1 heterocycles. The molecule has 0 spiro atoms. The van der Waals surface area contributed by atoms with E-state index in [-0.39, 0.29) is 0 Å². The zero-order valence-corrected chi connectivity index (χ0v) is 10.7. The van der Waals surface area contributed by atoms with Crippen molar-refractivity contribution in [3.8, 4) is 0 Å². The van der Waals surface area contributed by atoms with Crippen LogP contribution >= 0.6 is 0 Å². The first kappa shape index (κ1) is 12.3. The van der Waals surface area contributed by atoms with Gasteiger partial charge in [0.15, 0.2) is 0 Å². The molecular formula is C16H13NO3. The fraction of sp³-hybridized carbons (Fsp3) is 0.0625. The van der Waals surface area contributed by atoms with Crippen molar-refractivity contribution in [1.82, 2.24) is 0 Å². The Morgan fingerprint density at radius 3 is 2.60 bits per heavy atom. The summed E-state index contributed by atoms with van der Waals surface area (Å²) in [5.74, 6) is -0.914. The molecule has 2 N–H and O–H groups in total. The number of hydrogen-bond donors (Lipinski definition) is 2. The van der Waals surface area contributed by atoms with E-state index >= 15 is 0 Å². The third-order valence-electron chi connectivity index (χ3n) is 3.22. The first-order chi connectivity index (χ1) is 9.75. The molecule has 0 unspecified atom stereocenters. The van der Waals surface area contributed by atoms with Crippen molar-refractivity contribution in [1.29, 1.82) is 0 Å². The minimum atomic E-state index is -0.914. The van der Waals surface area contributed by atoms with Crippen LogP contribution in [0.1, 0.15) is 15.9 Å². The summed E-state index contributed by atoms with van der Waals surface area (Å²) in [6, 6.07) is 12.8. The number of furan rings is 1. The maximum atomic E-state index is 11.2. The molecule has 0 aliphatic heterocycles. The van der Waals surface area contributed by atoms with Crippen molar-refractivity contribution in [3.05, 3.63) is 66.1 Å². The molecule has 0 saturated heterocycles. The van der Waals surface area contributed by atoms with E-state index in [9.17, 15) is 9.90 Å². The van der Waals surface area contributed by atoms with E-state index in [2.05, 4.69) is 5.32 Å². The molecule has 0 fully saturated rings. The lowest BCUT2D eigenvalue weighted by molar-refractivity contribution is 0.0699. The molecule has 0 bridgehead atoms. The quantitative estimate of drug-likeness (QED) is 0.755. The van der Waals surface area contributed by atoms with E-state index in [1.165, 1.54) is 0 Å². The predicted molar refractivity (Wildman–Crippen MR) is 76.9 cm³/mol. The summed E-state index contributed by atoms with van der Waals surface area (Å²) in [6.07, 6.45) is 3.31. The van der Waals surface area contributed by atoms with Crippen molar-refractivity contribution >= 4 is 22.4 Å². The number of nitrogens with one attached hydrogen (secondary N) is 1. The molecule has 1 aromatic heterocycles. The minimum Gasteiger partial charge on any atom is -0.478 e. The van der Waals surface area contributed by atoms with E-state index in [0.29, 0.717) is 12.1 Å². The van der Waals surface area contributed by atoms with Gasteiger partial charge in [-0.15, -0.1) is 0 Å². The van der Waals surface area contributed by atoms with Gasteiger partial charge in [-0.05, 0) is 23.6 Å². The van der Waals surface area contributed by atoms with Gasteiger partial charge in [-0.2, -0.15) is 0 Å². The summed E-state index contributed by atoms with van der Waals surface area (Å²) in [7, 11) is 0. The number of hydrogen-bond acceptors (Lipinski definition) is 3. The summed E-state index contributed by atoms with van der Waals surface area (Å²) >= 11 is 0.